The van der Waals surface area contributed by atoms with Crippen LogP contribution in [0.2, 0.25) is 0 Å². The van der Waals surface area contributed by atoms with Gasteiger partial charge in [0.15, 0.2) is 0 Å². The first kappa shape index (κ1) is 10.5. The van der Waals surface area contributed by atoms with Gasteiger partial charge in [-0.05, 0) is 17.9 Å². The van der Waals surface area contributed by atoms with Crippen LogP contribution in [-0.2, 0) is 4.74 Å². The van der Waals surface area contributed by atoms with Crippen molar-refractivity contribution in [2.24, 2.45) is 5.73 Å². The second-order valence-corrected chi connectivity index (χ2v) is 3.48. The lowest BCUT2D eigenvalue weighted by Crippen LogP contribution is -2.20. The molecule has 0 aliphatic carbocycles. The molecule has 3 N–H and O–H groups in total. The minimum absolute atomic E-state index is 0.358. The standard InChI is InChI=1S/C8H10N2O3S/c1-4-3-14-6(10-8(9)12)5(4)7(11)13-2/h3H,1-2H3,(H3,9,10,12). The third kappa shape index (κ3) is 2.02. The van der Waals surface area contributed by atoms with Crippen molar-refractivity contribution in [3.05, 3.63) is 16.5 Å². The number of amides is 2. The smallest absolute Gasteiger partial charge is 0.341 e. The van der Waals surface area contributed by atoms with E-state index in [1.54, 1.807) is 12.3 Å². The van der Waals surface area contributed by atoms with Crippen molar-refractivity contribution in [3.8, 4) is 0 Å². The molecule has 2 amide bonds. The Morgan fingerprint density at radius 1 is 1.57 bits per heavy atom. The first-order valence-electron chi connectivity index (χ1n) is 3.79. The number of primary amides is 1. The van der Waals surface area contributed by atoms with Crippen LogP contribution in [0.4, 0.5) is 9.80 Å². The van der Waals surface area contributed by atoms with Gasteiger partial charge in [-0.1, -0.05) is 0 Å². The van der Waals surface area contributed by atoms with Crippen LogP contribution in [0, 0.1) is 6.92 Å². The zero-order valence-corrected chi connectivity index (χ0v) is 8.60. The molecule has 1 heterocycles. The van der Waals surface area contributed by atoms with E-state index in [1.165, 1.54) is 18.4 Å². The lowest BCUT2D eigenvalue weighted by Gasteiger charge is -2.02. The highest BCUT2D eigenvalue weighted by Crippen LogP contribution is 2.27. The third-order valence-electron chi connectivity index (χ3n) is 1.60. The maximum absolute atomic E-state index is 11.3. The number of carbonyl (C=O) groups is 2. The number of rotatable bonds is 2. The van der Waals surface area contributed by atoms with Crippen LogP contribution < -0.4 is 11.1 Å². The van der Waals surface area contributed by atoms with Crippen LogP contribution in [0.1, 0.15) is 15.9 Å². The van der Waals surface area contributed by atoms with Crippen LogP contribution in [0.5, 0.6) is 0 Å². The van der Waals surface area contributed by atoms with E-state index in [4.69, 9.17) is 5.73 Å². The normalized spacial score (nSPS) is 9.57. The number of urea groups is 1. The molecule has 5 nitrogen and oxygen atoms in total. The number of nitrogens with two attached hydrogens (primary N) is 1. The van der Waals surface area contributed by atoms with E-state index in [0.717, 1.165) is 5.56 Å². The molecule has 6 heteroatoms. The van der Waals surface area contributed by atoms with Gasteiger partial charge in [0.05, 0.1) is 12.7 Å². The number of hydrogen-bond acceptors (Lipinski definition) is 4. The molecule has 1 aromatic heterocycles. The highest BCUT2D eigenvalue weighted by atomic mass is 32.1. The van der Waals surface area contributed by atoms with E-state index in [2.05, 4.69) is 10.1 Å². The van der Waals surface area contributed by atoms with Crippen LogP contribution in [-0.4, -0.2) is 19.1 Å². The van der Waals surface area contributed by atoms with Gasteiger partial charge in [-0.25, -0.2) is 9.59 Å². The summed E-state index contributed by atoms with van der Waals surface area (Å²) in [5, 5.41) is 4.53. The molecule has 0 unspecified atom stereocenters. The van der Waals surface area contributed by atoms with Crippen LogP contribution in [0.3, 0.4) is 0 Å². The molecule has 0 fully saturated rings. The lowest BCUT2D eigenvalue weighted by molar-refractivity contribution is 0.0601. The van der Waals surface area contributed by atoms with Crippen molar-refractivity contribution >= 4 is 28.3 Å². The summed E-state index contributed by atoms with van der Waals surface area (Å²) in [5.74, 6) is -0.479. The Bertz CT molecular complexity index is 373. The second-order valence-electron chi connectivity index (χ2n) is 2.60. The average molecular weight is 214 g/mol. The molecule has 14 heavy (non-hydrogen) atoms. The van der Waals surface area contributed by atoms with Crippen molar-refractivity contribution in [2.75, 3.05) is 12.4 Å². The van der Waals surface area contributed by atoms with Crippen molar-refractivity contribution in [3.63, 3.8) is 0 Å². The largest absolute Gasteiger partial charge is 0.465 e. The van der Waals surface area contributed by atoms with E-state index >= 15 is 0 Å². The molecule has 0 bridgehead atoms. The predicted molar refractivity (Wildman–Crippen MR) is 53.6 cm³/mol. The lowest BCUT2D eigenvalue weighted by atomic mass is 10.2. The Kier molecular flexibility index (Phi) is 3.08. The van der Waals surface area contributed by atoms with Crippen molar-refractivity contribution in [1.82, 2.24) is 0 Å². The summed E-state index contributed by atoms with van der Waals surface area (Å²) in [6, 6.07) is -0.697. The minimum Gasteiger partial charge on any atom is -0.465 e. The van der Waals surface area contributed by atoms with Crippen molar-refractivity contribution < 1.29 is 14.3 Å². The van der Waals surface area contributed by atoms with E-state index in [-0.39, 0.29) is 0 Å². The molecule has 0 aliphatic heterocycles. The summed E-state index contributed by atoms with van der Waals surface area (Å²) in [5.41, 5.74) is 6.06. The van der Waals surface area contributed by atoms with E-state index < -0.39 is 12.0 Å². The number of hydrogen-bond donors (Lipinski definition) is 2. The molecular formula is C8H10N2O3S. The third-order valence-corrected chi connectivity index (χ3v) is 2.61. The van der Waals surface area contributed by atoms with Gasteiger partial charge in [-0.3, -0.25) is 5.32 Å². The number of esters is 1. The maximum Gasteiger partial charge on any atom is 0.341 e. The molecule has 0 atom stereocenters. The summed E-state index contributed by atoms with van der Waals surface area (Å²) in [6.45, 7) is 1.76. The molecule has 1 rings (SSSR count). The molecule has 0 radical (unpaired) electrons. The fourth-order valence-electron chi connectivity index (χ4n) is 1.00. The Morgan fingerprint density at radius 2 is 2.21 bits per heavy atom. The van der Waals surface area contributed by atoms with E-state index in [1.807, 2.05) is 0 Å². The first-order valence-corrected chi connectivity index (χ1v) is 4.67. The zero-order chi connectivity index (χ0) is 10.7. The molecular weight excluding hydrogens is 204 g/mol. The minimum atomic E-state index is -0.697. The van der Waals surface area contributed by atoms with Crippen molar-refractivity contribution in [1.29, 1.82) is 0 Å². The Hall–Kier alpha value is -1.56. The summed E-state index contributed by atoms with van der Waals surface area (Å²) < 4.78 is 4.57. The van der Waals surface area contributed by atoms with Gasteiger partial charge >= 0.3 is 12.0 Å². The van der Waals surface area contributed by atoms with Gasteiger partial charge < -0.3 is 10.5 Å². The molecule has 0 aromatic carbocycles. The fourth-order valence-corrected chi connectivity index (χ4v) is 1.94. The van der Waals surface area contributed by atoms with Crippen LogP contribution >= 0.6 is 11.3 Å². The van der Waals surface area contributed by atoms with E-state index in [0.29, 0.717) is 10.6 Å². The van der Waals surface area contributed by atoms with Gasteiger partial charge in [-0.15, -0.1) is 11.3 Å². The molecule has 1 aromatic rings. The van der Waals surface area contributed by atoms with Gasteiger partial charge in [0, 0.05) is 0 Å². The first-order chi connectivity index (χ1) is 6.56. The number of methoxy groups -OCH3 is 1. The highest BCUT2D eigenvalue weighted by Gasteiger charge is 2.17. The molecule has 0 aliphatic rings. The quantitative estimate of drug-likeness (QED) is 0.729. The zero-order valence-electron chi connectivity index (χ0n) is 7.79. The summed E-state index contributed by atoms with van der Waals surface area (Å²) in [7, 11) is 1.29. The summed E-state index contributed by atoms with van der Waals surface area (Å²) in [6.07, 6.45) is 0. The average Bonchev–Trinajstić information content (AvgIpc) is 2.45. The maximum atomic E-state index is 11.3. The van der Waals surface area contributed by atoms with Crippen LogP contribution in [0.15, 0.2) is 5.38 Å². The summed E-state index contributed by atoms with van der Waals surface area (Å²) >= 11 is 1.24. The number of anilines is 1. The number of carbonyl (C=O) groups excluding carboxylic acids is 2. The number of aryl methyl sites for hydroxylation is 1. The number of thiophene rings is 1. The molecule has 0 saturated heterocycles. The van der Waals surface area contributed by atoms with E-state index in [9.17, 15) is 9.59 Å². The predicted octanol–water partition coefficient (Wildman–Crippen LogP) is 1.33. The Morgan fingerprint density at radius 3 is 2.71 bits per heavy atom. The molecule has 0 spiro atoms. The van der Waals surface area contributed by atoms with Crippen LogP contribution in [0.25, 0.3) is 0 Å². The van der Waals surface area contributed by atoms with Gasteiger partial charge in [0.2, 0.25) is 0 Å². The van der Waals surface area contributed by atoms with Gasteiger partial charge in [-0.2, -0.15) is 0 Å². The summed E-state index contributed by atoms with van der Waals surface area (Å²) in [4.78, 5) is 21.9. The van der Waals surface area contributed by atoms with Crippen molar-refractivity contribution in [2.45, 2.75) is 6.92 Å². The Labute approximate surface area is 84.9 Å². The van der Waals surface area contributed by atoms with Gasteiger partial charge in [0.25, 0.3) is 0 Å². The number of ether oxygens (including phenoxy) is 1. The van der Waals surface area contributed by atoms with Gasteiger partial charge in [0.1, 0.15) is 5.00 Å². The molecule has 0 saturated carbocycles. The number of nitrogens with one attached hydrogen (secondary N) is 1. The second kappa shape index (κ2) is 4.10. The monoisotopic (exact) mass is 214 g/mol. The topological polar surface area (TPSA) is 81.4 Å². The fraction of sp³-hybridized carbons (Fsp3) is 0.250. The highest BCUT2D eigenvalue weighted by molar-refractivity contribution is 7.15. The molecule has 76 valence electrons. The SMILES string of the molecule is COC(=O)c1c(C)csc1NC(N)=O. The Balaban J connectivity index is 3.05.